The van der Waals surface area contributed by atoms with E-state index >= 15 is 0 Å². The third-order valence-corrected chi connectivity index (χ3v) is 3.12. The first kappa shape index (κ1) is 9.47. The molecule has 5 heteroatoms. The van der Waals surface area contributed by atoms with Crippen molar-refractivity contribution in [3.05, 3.63) is 35.1 Å². The molecule has 0 saturated carbocycles. The van der Waals surface area contributed by atoms with Gasteiger partial charge in [-0.1, -0.05) is 6.07 Å². The molecule has 80 valence electrons. The van der Waals surface area contributed by atoms with E-state index in [-0.39, 0.29) is 0 Å². The first-order valence-corrected chi connectivity index (χ1v) is 5.51. The summed E-state index contributed by atoms with van der Waals surface area (Å²) in [6.45, 7) is 0. The van der Waals surface area contributed by atoms with Gasteiger partial charge in [0.25, 0.3) is 0 Å². The number of fused-ring (bicyclic) bond motifs is 1. The zero-order valence-corrected chi connectivity index (χ0v) is 9.78. The topological polar surface area (TPSA) is 67.8 Å². The zero-order valence-electron chi connectivity index (χ0n) is 8.20. The van der Waals surface area contributed by atoms with Gasteiger partial charge in [-0.25, -0.2) is 0 Å². The summed E-state index contributed by atoms with van der Waals surface area (Å²) in [6.07, 6.45) is 3.39. The van der Waals surface area contributed by atoms with E-state index in [0.717, 1.165) is 26.6 Å². The van der Waals surface area contributed by atoms with Crippen LogP contribution in [0.1, 0.15) is 0 Å². The largest absolute Gasteiger partial charge is 0.463 e. The fourth-order valence-electron chi connectivity index (χ4n) is 1.69. The van der Waals surface area contributed by atoms with Crippen LogP contribution in [0.3, 0.4) is 0 Å². The van der Waals surface area contributed by atoms with Gasteiger partial charge in [0.2, 0.25) is 0 Å². The summed E-state index contributed by atoms with van der Waals surface area (Å²) in [5.41, 5.74) is 8.53. The molecule has 2 heterocycles. The molecule has 0 aliphatic rings. The van der Waals surface area contributed by atoms with E-state index < -0.39 is 0 Å². The SMILES string of the molecule is Nc1[nH]ncc1-c1ccc2occ(Br)c2c1. The Labute approximate surface area is 99.6 Å². The lowest BCUT2D eigenvalue weighted by Gasteiger charge is -1.99. The molecule has 0 saturated heterocycles. The molecule has 0 radical (unpaired) electrons. The highest BCUT2D eigenvalue weighted by Gasteiger charge is 2.08. The van der Waals surface area contributed by atoms with Crippen molar-refractivity contribution in [1.29, 1.82) is 0 Å². The second kappa shape index (κ2) is 3.38. The minimum absolute atomic E-state index is 0.568. The summed E-state index contributed by atoms with van der Waals surface area (Å²) >= 11 is 3.43. The van der Waals surface area contributed by atoms with Crippen LogP contribution in [-0.4, -0.2) is 10.2 Å². The number of aromatic nitrogens is 2. The van der Waals surface area contributed by atoms with Crippen molar-refractivity contribution in [2.24, 2.45) is 0 Å². The predicted molar refractivity (Wildman–Crippen MR) is 65.9 cm³/mol. The molecule has 0 spiro atoms. The van der Waals surface area contributed by atoms with Gasteiger partial charge in [-0.2, -0.15) is 5.10 Å². The van der Waals surface area contributed by atoms with Gasteiger partial charge in [-0.05, 0) is 33.6 Å². The second-order valence-electron chi connectivity index (χ2n) is 3.49. The monoisotopic (exact) mass is 277 g/mol. The lowest BCUT2D eigenvalue weighted by atomic mass is 10.1. The molecular weight excluding hydrogens is 270 g/mol. The normalized spacial score (nSPS) is 11.1. The van der Waals surface area contributed by atoms with Gasteiger partial charge in [0.15, 0.2) is 0 Å². The molecule has 0 fully saturated rings. The van der Waals surface area contributed by atoms with Crippen LogP contribution in [-0.2, 0) is 0 Å². The van der Waals surface area contributed by atoms with Crippen LogP contribution in [0.25, 0.3) is 22.1 Å². The van der Waals surface area contributed by atoms with Gasteiger partial charge >= 0.3 is 0 Å². The number of nitrogens with two attached hydrogens (primary N) is 1. The minimum Gasteiger partial charge on any atom is -0.463 e. The van der Waals surface area contributed by atoms with Crippen LogP contribution in [0.4, 0.5) is 5.82 Å². The molecule has 4 nitrogen and oxygen atoms in total. The number of rotatable bonds is 1. The van der Waals surface area contributed by atoms with Gasteiger partial charge in [0.1, 0.15) is 17.7 Å². The third-order valence-electron chi connectivity index (χ3n) is 2.51. The molecular formula is C11H8BrN3O. The number of nitrogen functional groups attached to an aromatic ring is 1. The Hall–Kier alpha value is -1.75. The van der Waals surface area contributed by atoms with Crippen LogP contribution in [0, 0.1) is 0 Å². The van der Waals surface area contributed by atoms with E-state index in [1.807, 2.05) is 18.2 Å². The maximum Gasteiger partial charge on any atom is 0.135 e. The van der Waals surface area contributed by atoms with E-state index in [0.29, 0.717) is 5.82 Å². The molecule has 16 heavy (non-hydrogen) atoms. The van der Waals surface area contributed by atoms with Crippen molar-refractivity contribution in [1.82, 2.24) is 10.2 Å². The standard InChI is InChI=1S/C11H8BrN3O/c12-9-5-16-10-2-1-6(3-7(9)10)8-4-14-15-11(8)13/h1-5H,(H3,13,14,15). The molecule has 1 aromatic carbocycles. The number of anilines is 1. The van der Waals surface area contributed by atoms with Crippen molar-refractivity contribution in [3.8, 4) is 11.1 Å². The van der Waals surface area contributed by atoms with Gasteiger partial charge in [-0.15, -0.1) is 0 Å². The van der Waals surface area contributed by atoms with Crippen LogP contribution < -0.4 is 5.73 Å². The minimum atomic E-state index is 0.568. The lowest BCUT2D eigenvalue weighted by Crippen LogP contribution is -1.87. The highest BCUT2D eigenvalue weighted by atomic mass is 79.9. The van der Waals surface area contributed by atoms with E-state index in [2.05, 4.69) is 26.1 Å². The Bertz CT molecular complexity index is 656. The van der Waals surface area contributed by atoms with Gasteiger partial charge in [0.05, 0.1) is 10.7 Å². The third kappa shape index (κ3) is 1.32. The molecule has 0 unspecified atom stereocenters. The number of hydrogen-bond acceptors (Lipinski definition) is 3. The molecule has 3 aromatic rings. The second-order valence-corrected chi connectivity index (χ2v) is 4.35. The summed E-state index contributed by atoms with van der Waals surface area (Å²) in [7, 11) is 0. The van der Waals surface area contributed by atoms with E-state index in [1.54, 1.807) is 12.5 Å². The summed E-state index contributed by atoms with van der Waals surface area (Å²) in [6, 6.07) is 5.89. The highest BCUT2D eigenvalue weighted by Crippen LogP contribution is 2.31. The Morgan fingerprint density at radius 2 is 2.25 bits per heavy atom. The predicted octanol–water partition coefficient (Wildman–Crippen LogP) is 3.17. The van der Waals surface area contributed by atoms with Crippen molar-refractivity contribution in [2.45, 2.75) is 0 Å². The van der Waals surface area contributed by atoms with Gasteiger partial charge in [0, 0.05) is 10.9 Å². The van der Waals surface area contributed by atoms with Crippen molar-refractivity contribution in [2.75, 3.05) is 5.73 Å². The Balaban J connectivity index is 2.25. The maximum absolute atomic E-state index is 5.78. The van der Waals surface area contributed by atoms with E-state index in [1.165, 1.54) is 0 Å². The van der Waals surface area contributed by atoms with Crippen molar-refractivity contribution in [3.63, 3.8) is 0 Å². The number of hydrogen-bond donors (Lipinski definition) is 2. The summed E-state index contributed by atoms with van der Waals surface area (Å²) in [5.74, 6) is 0.568. The fourth-order valence-corrected chi connectivity index (χ4v) is 2.10. The summed E-state index contributed by atoms with van der Waals surface area (Å²) in [4.78, 5) is 0. The molecule has 0 atom stereocenters. The van der Waals surface area contributed by atoms with Gasteiger partial charge in [-0.3, -0.25) is 5.10 Å². The van der Waals surface area contributed by atoms with Gasteiger partial charge < -0.3 is 10.2 Å². The lowest BCUT2D eigenvalue weighted by molar-refractivity contribution is 0.614. The van der Waals surface area contributed by atoms with Crippen LogP contribution >= 0.6 is 15.9 Å². The number of benzene rings is 1. The van der Waals surface area contributed by atoms with Crippen LogP contribution in [0.2, 0.25) is 0 Å². The molecule has 0 aliphatic carbocycles. The Kier molecular flexibility index (Phi) is 2.00. The van der Waals surface area contributed by atoms with E-state index in [4.69, 9.17) is 10.2 Å². The first-order chi connectivity index (χ1) is 7.75. The number of aromatic amines is 1. The van der Waals surface area contributed by atoms with Crippen molar-refractivity contribution < 1.29 is 4.42 Å². The number of furan rings is 1. The Morgan fingerprint density at radius 1 is 1.38 bits per heavy atom. The highest BCUT2D eigenvalue weighted by molar-refractivity contribution is 9.10. The number of nitrogens with one attached hydrogen (secondary N) is 1. The molecule has 0 amide bonds. The molecule has 0 bridgehead atoms. The number of H-pyrrole nitrogens is 1. The summed E-state index contributed by atoms with van der Waals surface area (Å²) in [5, 5.41) is 7.65. The van der Waals surface area contributed by atoms with Crippen LogP contribution in [0.5, 0.6) is 0 Å². The molecule has 2 aromatic heterocycles. The molecule has 3 rings (SSSR count). The first-order valence-electron chi connectivity index (χ1n) is 4.71. The smallest absolute Gasteiger partial charge is 0.135 e. The average molecular weight is 278 g/mol. The zero-order chi connectivity index (χ0) is 11.1. The molecule has 0 aliphatic heterocycles. The number of nitrogens with zero attached hydrogens (tertiary/aromatic N) is 1. The number of halogens is 1. The average Bonchev–Trinajstić information content (AvgIpc) is 2.86. The summed E-state index contributed by atoms with van der Waals surface area (Å²) < 4.78 is 6.29. The van der Waals surface area contributed by atoms with Crippen LogP contribution in [0.15, 0.2) is 39.5 Å². The molecule has 3 N–H and O–H groups in total. The van der Waals surface area contributed by atoms with E-state index in [9.17, 15) is 0 Å². The fraction of sp³-hybridized carbons (Fsp3) is 0. The quantitative estimate of drug-likeness (QED) is 0.718. The van der Waals surface area contributed by atoms with Crippen molar-refractivity contribution >= 4 is 32.7 Å². The maximum atomic E-state index is 5.78. The Morgan fingerprint density at radius 3 is 3.00 bits per heavy atom.